The van der Waals surface area contributed by atoms with Crippen LogP contribution >= 0.6 is 0 Å². The van der Waals surface area contributed by atoms with E-state index in [2.05, 4.69) is 48.5 Å². The molecule has 0 radical (unpaired) electrons. The van der Waals surface area contributed by atoms with Gasteiger partial charge in [0.25, 0.3) is 0 Å². The molecule has 0 aliphatic carbocycles. The van der Waals surface area contributed by atoms with Crippen LogP contribution in [-0.4, -0.2) is 72.5 Å². The van der Waals surface area contributed by atoms with Gasteiger partial charge in [-0.3, -0.25) is 0 Å². The first-order valence-electron chi connectivity index (χ1n) is 7.95. The zero-order valence-electron chi connectivity index (χ0n) is 12.7. The SMILES string of the molecule is c1ccc2c(c1)[se]c1c2[se]c2c1[se]c1c3[se]c4ccccc4c3[se]c12. The molecule has 0 aliphatic heterocycles. The van der Waals surface area contributed by atoms with Crippen LogP contribution in [0, 0.1) is 0 Å². The van der Waals surface area contributed by atoms with E-state index in [9.17, 15) is 0 Å². The van der Waals surface area contributed by atoms with Crippen molar-refractivity contribution in [1.82, 2.24) is 0 Å². The van der Waals surface area contributed by atoms with Crippen molar-refractivity contribution < 1.29 is 0 Å². The normalized spacial score (nSPS) is 12.8. The van der Waals surface area contributed by atoms with Crippen LogP contribution in [0.3, 0.4) is 0 Å². The summed E-state index contributed by atoms with van der Waals surface area (Å²) in [6.45, 7) is 0. The van der Waals surface area contributed by atoms with E-state index in [1.54, 1.807) is 36.3 Å². The molecule has 118 valence electrons. The zero-order valence-corrected chi connectivity index (χ0v) is 21.2. The van der Waals surface area contributed by atoms with Crippen molar-refractivity contribution in [2.75, 3.05) is 0 Å². The van der Waals surface area contributed by atoms with Crippen molar-refractivity contribution in [2.24, 2.45) is 0 Å². The summed E-state index contributed by atoms with van der Waals surface area (Å²) >= 11 is 2.88. The summed E-state index contributed by atoms with van der Waals surface area (Å²) in [6.07, 6.45) is 0. The van der Waals surface area contributed by atoms with Crippen LogP contribution in [0.5, 0.6) is 0 Å². The Morgan fingerprint density at radius 3 is 1.20 bits per heavy atom. The van der Waals surface area contributed by atoms with Gasteiger partial charge in [0.05, 0.1) is 0 Å². The third-order valence-corrected chi connectivity index (χ3v) is 22.1. The second-order valence-corrected chi connectivity index (χ2v) is 17.0. The first-order chi connectivity index (χ1) is 12.4. The van der Waals surface area contributed by atoms with Gasteiger partial charge in [0, 0.05) is 0 Å². The fraction of sp³-hybridized carbons (Fsp3) is 0. The maximum absolute atomic E-state index is 2.38. The minimum absolute atomic E-state index is 0.570. The molecule has 0 saturated carbocycles. The first kappa shape index (κ1) is 15.0. The van der Waals surface area contributed by atoms with Gasteiger partial charge in [-0.2, -0.15) is 0 Å². The van der Waals surface area contributed by atoms with Gasteiger partial charge in [-0.15, -0.1) is 0 Å². The number of benzene rings is 2. The molecule has 0 amide bonds. The van der Waals surface area contributed by atoms with Crippen LogP contribution in [0.15, 0.2) is 48.5 Å². The van der Waals surface area contributed by atoms with Crippen LogP contribution in [-0.2, 0) is 0 Å². The average Bonchev–Trinajstić information content (AvgIpc) is 3.38. The summed E-state index contributed by atoms with van der Waals surface area (Å²) in [4.78, 5) is 0. The minimum atomic E-state index is 0.570. The van der Waals surface area contributed by atoms with E-state index in [-0.39, 0.29) is 0 Å². The summed E-state index contributed by atoms with van der Waals surface area (Å²) in [5, 5.41) is 3.20. The van der Waals surface area contributed by atoms with Crippen molar-refractivity contribution in [3.63, 3.8) is 0 Å². The summed E-state index contributed by atoms with van der Waals surface area (Å²) in [5.74, 6) is 0. The van der Waals surface area contributed by atoms with Crippen LogP contribution in [0.1, 0.15) is 0 Å². The second-order valence-electron chi connectivity index (χ2n) is 6.14. The molecule has 0 saturated heterocycles. The van der Waals surface area contributed by atoms with Gasteiger partial charge >= 0.3 is 174 Å². The Hall–Kier alpha value is -0.00260. The average molecular weight is 643 g/mol. The second kappa shape index (κ2) is 5.29. The Bertz CT molecular complexity index is 1480. The molecule has 5 heterocycles. The van der Waals surface area contributed by atoms with E-state index >= 15 is 0 Å². The van der Waals surface area contributed by atoms with Gasteiger partial charge in [0.2, 0.25) is 0 Å². The van der Waals surface area contributed by atoms with Crippen LogP contribution < -0.4 is 0 Å². The molecule has 0 aliphatic rings. The predicted molar refractivity (Wildman–Crippen MR) is 116 cm³/mol. The third kappa shape index (κ3) is 1.91. The standard InChI is InChI=1S/C20H8Se5/c1-3-7-11-9(5-1)13-15(21-11)17-19(23-13)20-18(25-17)16-14(24-20)10-6-2-4-8-12(10)22-16/h1-8H. The molecule has 0 N–H and O–H groups in total. The van der Waals surface area contributed by atoms with Gasteiger partial charge in [0.1, 0.15) is 0 Å². The zero-order chi connectivity index (χ0) is 16.1. The first-order valence-corrected chi connectivity index (χ1v) is 16.5. The molecular weight excluding hydrogens is 635 g/mol. The van der Waals surface area contributed by atoms with Gasteiger partial charge < -0.3 is 0 Å². The summed E-state index contributed by atoms with van der Waals surface area (Å²) in [7, 11) is 0. The quantitative estimate of drug-likeness (QED) is 0.221. The summed E-state index contributed by atoms with van der Waals surface area (Å²) in [6, 6.07) is 18.4. The van der Waals surface area contributed by atoms with Crippen molar-refractivity contribution in [2.45, 2.75) is 0 Å². The summed E-state index contributed by atoms with van der Waals surface area (Å²) in [5.41, 5.74) is 0. The van der Waals surface area contributed by atoms with E-state index in [1.807, 2.05) is 17.0 Å². The molecule has 25 heavy (non-hydrogen) atoms. The number of hydrogen-bond donors (Lipinski definition) is 0. The molecule has 0 spiro atoms. The van der Waals surface area contributed by atoms with E-state index in [4.69, 9.17) is 0 Å². The van der Waals surface area contributed by atoms with Crippen LogP contribution in [0.4, 0.5) is 0 Å². The molecule has 0 unspecified atom stereocenters. The van der Waals surface area contributed by atoms with Crippen LogP contribution in [0.25, 0.3) is 53.4 Å². The Balaban J connectivity index is 1.70. The molecule has 7 rings (SSSR count). The fourth-order valence-electron chi connectivity index (χ4n) is 3.63. The Labute approximate surface area is 172 Å². The molecule has 7 aromatic rings. The molecule has 2 aromatic carbocycles. The van der Waals surface area contributed by atoms with E-state index in [0.29, 0.717) is 72.5 Å². The monoisotopic (exact) mass is 648 g/mol. The number of rotatable bonds is 0. The van der Waals surface area contributed by atoms with Gasteiger partial charge in [-0.05, 0) is 0 Å². The van der Waals surface area contributed by atoms with E-state index < -0.39 is 0 Å². The van der Waals surface area contributed by atoms with Crippen molar-refractivity contribution >= 4 is 126 Å². The van der Waals surface area contributed by atoms with Crippen LogP contribution in [0.2, 0.25) is 0 Å². The summed E-state index contributed by atoms with van der Waals surface area (Å²) < 4.78 is 17.8. The van der Waals surface area contributed by atoms with Gasteiger partial charge in [-0.1, -0.05) is 0 Å². The topological polar surface area (TPSA) is 0 Å². The molecular formula is C20H8Se5. The predicted octanol–water partition coefficient (Wildman–Crippen LogP) is 3.89. The molecule has 5 heteroatoms. The van der Waals surface area contributed by atoms with Crippen molar-refractivity contribution in [1.29, 1.82) is 0 Å². The van der Waals surface area contributed by atoms with E-state index in [0.717, 1.165) is 0 Å². The Morgan fingerprint density at radius 1 is 0.360 bits per heavy atom. The molecule has 0 fully saturated rings. The third-order valence-electron chi connectivity index (χ3n) is 4.74. The number of fused-ring (bicyclic) bond motifs is 11. The maximum atomic E-state index is 2.38. The fourth-order valence-corrected chi connectivity index (χ4v) is 23.6. The Morgan fingerprint density at radius 2 is 0.720 bits per heavy atom. The van der Waals surface area contributed by atoms with Crippen molar-refractivity contribution in [3.05, 3.63) is 48.5 Å². The Kier molecular flexibility index (Phi) is 3.17. The molecule has 0 nitrogen and oxygen atoms in total. The molecule has 0 bridgehead atoms. The van der Waals surface area contributed by atoms with Crippen molar-refractivity contribution in [3.8, 4) is 0 Å². The molecule has 0 atom stereocenters. The number of hydrogen-bond acceptors (Lipinski definition) is 0. The van der Waals surface area contributed by atoms with Gasteiger partial charge in [-0.25, -0.2) is 0 Å². The van der Waals surface area contributed by atoms with Gasteiger partial charge in [0.15, 0.2) is 0 Å². The van der Waals surface area contributed by atoms with E-state index in [1.165, 1.54) is 0 Å². The molecule has 5 aromatic heterocycles.